The van der Waals surface area contributed by atoms with E-state index in [1.807, 2.05) is 0 Å². The Balaban J connectivity index is 2.02. The van der Waals surface area contributed by atoms with Crippen LogP contribution in [0.3, 0.4) is 0 Å². The number of ether oxygens (including phenoxy) is 1. The van der Waals surface area contributed by atoms with Crippen molar-refractivity contribution in [2.24, 2.45) is 0 Å². The highest BCUT2D eigenvalue weighted by atomic mass is 35.5. The van der Waals surface area contributed by atoms with Crippen LogP contribution in [0.5, 0.6) is 0 Å². The molecule has 1 N–H and O–H groups in total. The van der Waals surface area contributed by atoms with E-state index in [9.17, 15) is 24.1 Å². The van der Waals surface area contributed by atoms with E-state index in [-0.39, 0.29) is 10.6 Å². The minimum absolute atomic E-state index is 0.00941. The first-order valence-electron chi connectivity index (χ1n) is 6.49. The number of benzene rings is 1. The fourth-order valence-corrected chi connectivity index (χ4v) is 2.60. The van der Waals surface area contributed by atoms with Crippen molar-refractivity contribution in [3.63, 3.8) is 0 Å². The number of nitro groups is 1. The largest absolute Gasteiger partial charge is 0.448 e. The second-order valence-electron chi connectivity index (χ2n) is 4.56. The van der Waals surface area contributed by atoms with Gasteiger partial charge in [-0.15, -0.1) is 11.3 Å². The van der Waals surface area contributed by atoms with Crippen LogP contribution in [0.25, 0.3) is 0 Å². The topological polar surface area (TPSA) is 98.5 Å². The summed E-state index contributed by atoms with van der Waals surface area (Å²) in [5, 5.41) is 13.0. The molecule has 0 fully saturated rings. The lowest BCUT2D eigenvalue weighted by molar-refractivity contribution is -0.387. The molecule has 0 unspecified atom stereocenters. The number of hydrogen-bond acceptors (Lipinski definition) is 6. The molecule has 10 heteroatoms. The Hall–Kier alpha value is -2.52. The highest BCUT2D eigenvalue weighted by Gasteiger charge is 2.21. The van der Waals surface area contributed by atoms with Gasteiger partial charge in [0, 0.05) is 11.8 Å². The maximum Gasteiger partial charge on any atom is 0.349 e. The van der Waals surface area contributed by atoms with Gasteiger partial charge in [-0.2, -0.15) is 4.39 Å². The number of anilines is 1. The molecule has 0 saturated heterocycles. The van der Waals surface area contributed by atoms with Crippen LogP contribution in [-0.2, 0) is 9.53 Å². The zero-order valence-corrected chi connectivity index (χ0v) is 13.7. The van der Waals surface area contributed by atoms with Gasteiger partial charge in [-0.3, -0.25) is 14.9 Å². The lowest BCUT2D eigenvalue weighted by Crippen LogP contribution is -2.29. The van der Waals surface area contributed by atoms with Gasteiger partial charge in [0.2, 0.25) is 5.82 Å². The molecule has 1 aromatic carbocycles. The van der Waals surface area contributed by atoms with Gasteiger partial charge in [0.25, 0.3) is 5.91 Å². The number of esters is 1. The number of halogens is 2. The second kappa shape index (κ2) is 7.37. The van der Waals surface area contributed by atoms with E-state index in [1.165, 1.54) is 19.1 Å². The molecule has 0 spiro atoms. The Bertz CT molecular complexity index is 810. The van der Waals surface area contributed by atoms with Crippen molar-refractivity contribution in [2.45, 2.75) is 13.0 Å². The molecule has 0 radical (unpaired) electrons. The monoisotopic (exact) mass is 372 g/mol. The molecule has 2 aromatic rings. The first-order chi connectivity index (χ1) is 11.3. The van der Waals surface area contributed by atoms with Crippen molar-refractivity contribution in [1.82, 2.24) is 0 Å². The molecular weight excluding hydrogens is 363 g/mol. The molecule has 1 atom stereocenters. The molecule has 126 valence electrons. The molecule has 0 saturated carbocycles. The van der Waals surface area contributed by atoms with Crippen LogP contribution >= 0.6 is 22.9 Å². The van der Waals surface area contributed by atoms with E-state index in [4.69, 9.17) is 16.3 Å². The minimum Gasteiger partial charge on any atom is -0.448 e. The smallest absolute Gasteiger partial charge is 0.349 e. The average Bonchev–Trinajstić information content (AvgIpc) is 2.95. The normalized spacial score (nSPS) is 11.6. The molecule has 1 amide bonds. The first kappa shape index (κ1) is 17.8. The number of rotatable bonds is 5. The van der Waals surface area contributed by atoms with E-state index < -0.39 is 34.4 Å². The maximum absolute atomic E-state index is 13.2. The van der Waals surface area contributed by atoms with Gasteiger partial charge in [0.05, 0.1) is 9.26 Å². The third-order valence-corrected chi connectivity index (χ3v) is 4.05. The number of carbonyl (C=O) groups excluding carboxylic acids is 2. The molecule has 1 aromatic heterocycles. The Morgan fingerprint density at radius 2 is 2.08 bits per heavy atom. The third-order valence-electron chi connectivity index (χ3n) is 2.84. The summed E-state index contributed by atoms with van der Waals surface area (Å²) in [6.07, 6.45) is -1.16. The van der Waals surface area contributed by atoms with Crippen LogP contribution in [0.1, 0.15) is 16.6 Å². The lowest BCUT2D eigenvalue weighted by atomic mass is 10.2. The molecule has 0 aliphatic rings. The number of amides is 1. The van der Waals surface area contributed by atoms with Gasteiger partial charge < -0.3 is 10.1 Å². The van der Waals surface area contributed by atoms with E-state index in [0.29, 0.717) is 4.34 Å². The molecule has 24 heavy (non-hydrogen) atoms. The summed E-state index contributed by atoms with van der Waals surface area (Å²) in [5.74, 6) is -2.46. The summed E-state index contributed by atoms with van der Waals surface area (Å²) in [4.78, 5) is 33.8. The predicted octanol–water partition coefficient (Wildman–Crippen LogP) is 3.63. The van der Waals surface area contributed by atoms with Crippen molar-refractivity contribution >= 4 is 46.2 Å². The van der Waals surface area contributed by atoms with Gasteiger partial charge in [-0.25, -0.2) is 4.79 Å². The van der Waals surface area contributed by atoms with Gasteiger partial charge in [0.1, 0.15) is 4.88 Å². The third kappa shape index (κ3) is 4.27. The molecule has 7 nitrogen and oxygen atoms in total. The van der Waals surface area contributed by atoms with E-state index in [0.717, 1.165) is 29.5 Å². The number of nitro benzene ring substituents is 1. The van der Waals surface area contributed by atoms with Crippen molar-refractivity contribution < 1.29 is 23.6 Å². The first-order valence-corrected chi connectivity index (χ1v) is 7.68. The summed E-state index contributed by atoms with van der Waals surface area (Å²) in [7, 11) is 0. The van der Waals surface area contributed by atoms with Gasteiger partial charge in [-0.05, 0) is 31.2 Å². The highest BCUT2D eigenvalue weighted by molar-refractivity contribution is 7.17. The summed E-state index contributed by atoms with van der Waals surface area (Å²) in [6, 6.07) is 5.88. The Morgan fingerprint density at radius 3 is 2.67 bits per heavy atom. The molecular formula is C14H10ClFN2O5S. The molecule has 0 aliphatic heterocycles. The number of carbonyl (C=O) groups is 2. The average molecular weight is 373 g/mol. The standard InChI is InChI=1S/C14H10ClFN2O5S/c1-7(23-14(20)11-4-5-12(15)24-11)13(19)17-8-2-3-9(16)10(6-8)18(21)22/h2-7H,1H3,(H,17,19)/t7-/m0/s1. The van der Waals surface area contributed by atoms with Crippen molar-refractivity contribution in [2.75, 3.05) is 5.32 Å². The van der Waals surface area contributed by atoms with Crippen LogP contribution in [0, 0.1) is 15.9 Å². The summed E-state index contributed by atoms with van der Waals surface area (Å²) in [5.41, 5.74) is -0.763. The van der Waals surface area contributed by atoms with Crippen LogP contribution in [-0.4, -0.2) is 22.9 Å². The van der Waals surface area contributed by atoms with Crippen molar-refractivity contribution in [3.05, 3.63) is 55.5 Å². The van der Waals surface area contributed by atoms with Gasteiger partial charge >= 0.3 is 11.7 Å². The maximum atomic E-state index is 13.2. The summed E-state index contributed by atoms with van der Waals surface area (Å²) < 4.78 is 18.6. The van der Waals surface area contributed by atoms with E-state index >= 15 is 0 Å². The number of nitrogens with zero attached hydrogens (tertiary/aromatic N) is 1. The number of hydrogen-bond donors (Lipinski definition) is 1. The molecule has 1 heterocycles. The Morgan fingerprint density at radius 1 is 1.38 bits per heavy atom. The van der Waals surface area contributed by atoms with Crippen molar-refractivity contribution in [3.8, 4) is 0 Å². The van der Waals surface area contributed by atoms with Crippen LogP contribution in [0.15, 0.2) is 30.3 Å². The highest BCUT2D eigenvalue weighted by Crippen LogP contribution is 2.23. The predicted molar refractivity (Wildman–Crippen MR) is 85.9 cm³/mol. The summed E-state index contributed by atoms with van der Waals surface area (Å²) >= 11 is 6.71. The van der Waals surface area contributed by atoms with Gasteiger partial charge in [-0.1, -0.05) is 11.6 Å². The fourth-order valence-electron chi connectivity index (χ4n) is 1.67. The minimum atomic E-state index is -1.16. The van der Waals surface area contributed by atoms with E-state index in [2.05, 4.69) is 5.32 Å². The van der Waals surface area contributed by atoms with Crippen LogP contribution < -0.4 is 5.32 Å². The Kier molecular flexibility index (Phi) is 5.47. The number of nitrogens with one attached hydrogen (secondary N) is 1. The molecule has 0 aliphatic carbocycles. The zero-order chi connectivity index (χ0) is 17.9. The quantitative estimate of drug-likeness (QED) is 0.491. The number of thiophene rings is 1. The van der Waals surface area contributed by atoms with Crippen molar-refractivity contribution in [1.29, 1.82) is 0 Å². The molecule has 2 rings (SSSR count). The lowest BCUT2D eigenvalue weighted by Gasteiger charge is -2.13. The fraction of sp³-hybridized carbons (Fsp3) is 0.143. The second-order valence-corrected chi connectivity index (χ2v) is 6.28. The van der Waals surface area contributed by atoms with E-state index in [1.54, 1.807) is 0 Å². The Labute approximate surface area is 144 Å². The zero-order valence-electron chi connectivity index (χ0n) is 12.1. The SMILES string of the molecule is C[C@H](OC(=O)c1ccc(Cl)s1)C(=O)Nc1ccc(F)c([N+](=O)[O-])c1. The summed E-state index contributed by atoms with van der Waals surface area (Å²) in [6.45, 7) is 1.33. The van der Waals surface area contributed by atoms with Gasteiger partial charge in [0.15, 0.2) is 6.10 Å². The van der Waals surface area contributed by atoms with Crippen LogP contribution in [0.2, 0.25) is 4.34 Å². The van der Waals surface area contributed by atoms with Crippen LogP contribution in [0.4, 0.5) is 15.8 Å². The molecule has 0 bridgehead atoms.